The SMILES string of the molecule is O=C(O)NC/C(=C\F)Cn1nc2ccc(Br)cn2c1=O. The number of carbonyl (C=O) groups is 1. The van der Waals surface area contributed by atoms with E-state index in [1.165, 1.54) is 4.40 Å². The Morgan fingerprint density at radius 1 is 1.55 bits per heavy atom. The topological polar surface area (TPSA) is 88.6 Å². The number of amides is 1. The molecule has 0 aromatic carbocycles. The zero-order valence-corrected chi connectivity index (χ0v) is 11.7. The van der Waals surface area contributed by atoms with Gasteiger partial charge in [-0.1, -0.05) is 0 Å². The van der Waals surface area contributed by atoms with Gasteiger partial charge in [0.05, 0.1) is 12.9 Å². The Kier molecular flexibility index (Phi) is 4.18. The molecule has 2 rings (SSSR count). The smallest absolute Gasteiger partial charge is 0.404 e. The molecule has 0 saturated heterocycles. The lowest BCUT2D eigenvalue weighted by Gasteiger charge is -2.04. The molecule has 7 nitrogen and oxygen atoms in total. The van der Waals surface area contributed by atoms with Crippen molar-refractivity contribution in [1.29, 1.82) is 0 Å². The van der Waals surface area contributed by atoms with Crippen LogP contribution in [-0.2, 0) is 6.54 Å². The first-order valence-electron chi connectivity index (χ1n) is 5.51. The molecule has 2 heterocycles. The van der Waals surface area contributed by atoms with Crippen molar-refractivity contribution in [1.82, 2.24) is 19.5 Å². The predicted molar refractivity (Wildman–Crippen MR) is 72.4 cm³/mol. The van der Waals surface area contributed by atoms with Crippen molar-refractivity contribution in [2.24, 2.45) is 0 Å². The van der Waals surface area contributed by atoms with Gasteiger partial charge in [0.1, 0.15) is 0 Å². The second-order valence-electron chi connectivity index (χ2n) is 3.94. The molecule has 0 saturated carbocycles. The van der Waals surface area contributed by atoms with Gasteiger partial charge in [0.25, 0.3) is 0 Å². The maximum atomic E-state index is 12.7. The molecule has 0 unspecified atom stereocenters. The summed E-state index contributed by atoms with van der Waals surface area (Å²) in [5, 5.41) is 14.5. The summed E-state index contributed by atoms with van der Waals surface area (Å²) in [5.74, 6) is 0. The third-order valence-corrected chi connectivity index (χ3v) is 2.98. The van der Waals surface area contributed by atoms with E-state index >= 15 is 0 Å². The number of hydrogen-bond donors (Lipinski definition) is 2. The summed E-state index contributed by atoms with van der Waals surface area (Å²) >= 11 is 3.24. The Labute approximate surface area is 120 Å². The molecular weight excluding hydrogens is 335 g/mol. The van der Waals surface area contributed by atoms with Crippen LogP contribution < -0.4 is 11.0 Å². The third-order valence-electron chi connectivity index (χ3n) is 2.51. The summed E-state index contributed by atoms with van der Waals surface area (Å²) in [6.07, 6.45) is 0.549. The van der Waals surface area contributed by atoms with Gasteiger partial charge in [-0.25, -0.2) is 23.1 Å². The summed E-state index contributed by atoms with van der Waals surface area (Å²) in [7, 11) is 0. The van der Waals surface area contributed by atoms with Crippen molar-refractivity contribution in [2.45, 2.75) is 6.54 Å². The molecule has 106 valence electrons. The third kappa shape index (κ3) is 3.05. The summed E-state index contributed by atoms with van der Waals surface area (Å²) in [6, 6.07) is 3.36. The first-order valence-corrected chi connectivity index (χ1v) is 6.30. The van der Waals surface area contributed by atoms with E-state index in [4.69, 9.17) is 5.11 Å². The summed E-state index contributed by atoms with van der Waals surface area (Å²) in [5.41, 5.74) is 0.0792. The number of fused-ring (bicyclic) bond motifs is 1. The number of halogens is 2. The van der Waals surface area contributed by atoms with E-state index in [-0.39, 0.29) is 25.0 Å². The van der Waals surface area contributed by atoms with Crippen LogP contribution >= 0.6 is 15.9 Å². The minimum atomic E-state index is -1.27. The molecule has 20 heavy (non-hydrogen) atoms. The Morgan fingerprint density at radius 2 is 2.30 bits per heavy atom. The van der Waals surface area contributed by atoms with Gasteiger partial charge in [-0.05, 0) is 33.6 Å². The first kappa shape index (κ1) is 14.3. The van der Waals surface area contributed by atoms with Crippen LogP contribution in [-0.4, -0.2) is 31.9 Å². The lowest BCUT2D eigenvalue weighted by atomic mass is 10.3. The fourth-order valence-corrected chi connectivity index (χ4v) is 1.94. The van der Waals surface area contributed by atoms with E-state index in [1.54, 1.807) is 18.3 Å². The molecule has 0 radical (unpaired) electrons. The van der Waals surface area contributed by atoms with Gasteiger partial charge in [0.2, 0.25) is 0 Å². The average molecular weight is 345 g/mol. The molecule has 0 aliphatic heterocycles. The van der Waals surface area contributed by atoms with E-state index in [9.17, 15) is 14.0 Å². The Morgan fingerprint density at radius 3 is 2.95 bits per heavy atom. The highest BCUT2D eigenvalue weighted by Gasteiger charge is 2.09. The maximum absolute atomic E-state index is 12.7. The highest BCUT2D eigenvalue weighted by atomic mass is 79.9. The fraction of sp³-hybridized carbons (Fsp3) is 0.182. The predicted octanol–water partition coefficient (Wildman–Crippen LogP) is 1.38. The van der Waals surface area contributed by atoms with Crippen LogP contribution in [0.2, 0.25) is 0 Å². The van der Waals surface area contributed by atoms with Gasteiger partial charge < -0.3 is 10.4 Å². The largest absolute Gasteiger partial charge is 0.465 e. The second-order valence-corrected chi connectivity index (χ2v) is 4.86. The van der Waals surface area contributed by atoms with Crippen LogP contribution in [0.5, 0.6) is 0 Å². The van der Waals surface area contributed by atoms with Crippen LogP contribution in [0, 0.1) is 0 Å². The van der Waals surface area contributed by atoms with Crippen molar-refractivity contribution in [2.75, 3.05) is 6.54 Å². The van der Waals surface area contributed by atoms with Gasteiger partial charge in [-0.3, -0.25) is 0 Å². The normalized spacial score (nSPS) is 11.8. The van der Waals surface area contributed by atoms with Crippen molar-refractivity contribution in [3.63, 3.8) is 0 Å². The summed E-state index contributed by atoms with van der Waals surface area (Å²) in [6.45, 7) is -0.343. The molecule has 1 amide bonds. The lowest BCUT2D eigenvalue weighted by Crippen LogP contribution is -2.28. The van der Waals surface area contributed by atoms with Gasteiger partial charge in [0, 0.05) is 17.2 Å². The van der Waals surface area contributed by atoms with Crippen molar-refractivity contribution < 1.29 is 14.3 Å². The van der Waals surface area contributed by atoms with E-state index in [1.807, 2.05) is 5.32 Å². The number of rotatable bonds is 4. The van der Waals surface area contributed by atoms with Crippen molar-refractivity contribution in [3.05, 3.63) is 45.2 Å². The monoisotopic (exact) mass is 344 g/mol. The van der Waals surface area contributed by atoms with Gasteiger partial charge in [0.15, 0.2) is 5.65 Å². The molecule has 0 aliphatic rings. The summed E-state index contributed by atoms with van der Waals surface area (Å²) < 4.78 is 15.8. The first-order chi connectivity index (χ1) is 9.51. The molecule has 9 heteroatoms. The molecular formula is C11H10BrFN4O3. The fourth-order valence-electron chi connectivity index (χ4n) is 1.61. The standard InChI is InChI=1S/C11H10BrFN4O3/c12-8-1-2-9-15-17(11(20)16(9)6-8)5-7(3-13)4-14-10(18)19/h1-3,6,14H,4-5H2,(H,18,19)/b7-3+. The van der Waals surface area contributed by atoms with Gasteiger partial charge >= 0.3 is 11.8 Å². The highest BCUT2D eigenvalue weighted by Crippen LogP contribution is 2.09. The molecule has 0 fully saturated rings. The number of nitrogens with zero attached hydrogens (tertiary/aromatic N) is 3. The summed E-state index contributed by atoms with van der Waals surface area (Å²) in [4.78, 5) is 22.4. The molecule has 0 spiro atoms. The van der Waals surface area contributed by atoms with Crippen LogP contribution in [0.3, 0.4) is 0 Å². The number of nitrogens with one attached hydrogen (secondary N) is 1. The Balaban J connectivity index is 2.27. The molecule has 0 bridgehead atoms. The zero-order chi connectivity index (χ0) is 14.7. The van der Waals surface area contributed by atoms with Crippen LogP contribution in [0.4, 0.5) is 9.18 Å². The van der Waals surface area contributed by atoms with E-state index in [2.05, 4.69) is 21.0 Å². The number of pyridine rings is 1. The molecule has 0 aliphatic carbocycles. The number of hydrogen-bond acceptors (Lipinski definition) is 3. The number of carboxylic acid groups (broad SMARTS) is 1. The minimum absolute atomic E-state index is 0.0944. The lowest BCUT2D eigenvalue weighted by molar-refractivity contribution is 0.195. The number of aromatic nitrogens is 3. The van der Waals surface area contributed by atoms with Crippen LogP contribution in [0.15, 0.2) is 39.5 Å². The van der Waals surface area contributed by atoms with Crippen molar-refractivity contribution >= 4 is 27.7 Å². The van der Waals surface area contributed by atoms with E-state index in [0.29, 0.717) is 10.1 Å². The van der Waals surface area contributed by atoms with Crippen LogP contribution in [0.1, 0.15) is 0 Å². The Hall–Kier alpha value is -2.16. The van der Waals surface area contributed by atoms with Gasteiger partial charge in [-0.15, -0.1) is 5.10 Å². The van der Waals surface area contributed by atoms with E-state index < -0.39 is 11.8 Å². The van der Waals surface area contributed by atoms with Gasteiger partial charge in [-0.2, -0.15) is 0 Å². The molecule has 2 aromatic rings. The Bertz CT molecular complexity index is 737. The second kappa shape index (κ2) is 5.87. The minimum Gasteiger partial charge on any atom is -0.465 e. The average Bonchev–Trinajstić information content (AvgIpc) is 2.71. The highest BCUT2D eigenvalue weighted by molar-refractivity contribution is 9.10. The van der Waals surface area contributed by atoms with Crippen molar-refractivity contribution in [3.8, 4) is 0 Å². The molecule has 2 N–H and O–H groups in total. The quantitative estimate of drug-likeness (QED) is 0.876. The zero-order valence-electron chi connectivity index (χ0n) is 10.1. The molecule has 0 atom stereocenters. The van der Waals surface area contributed by atoms with E-state index in [0.717, 1.165) is 4.68 Å². The molecule has 2 aromatic heterocycles. The van der Waals surface area contributed by atoms with Crippen LogP contribution in [0.25, 0.3) is 5.65 Å². The maximum Gasteiger partial charge on any atom is 0.404 e.